The van der Waals surface area contributed by atoms with Crippen LogP contribution in [-0.4, -0.2) is 19.4 Å². The SMILES string of the molecule is Cc1ccc(CC(C)NS(=O)(=O)c2c[nH]ccc2=O)s1. The fourth-order valence-corrected chi connectivity index (χ4v) is 4.19. The van der Waals surface area contributed by atoms with Gasteiger partial charge in [-0.3, -0.25) is 4.79 Å². The Morgan fingerprint density at radius 2 is 2.10 bits per heavy atom. The fraction of sp³-hybridized carbons (Fsp3) is 0.308. The summed E-state index contributed by atoms with van der Waals surface area (Å²) in [5.41, 5.74) is -0.518. The molecule has 0 fully saturated rings. The maximum absolute atomic E-state index is 12.1. The molecule has 0 amide bonds. The van der Waals surface area contributed by atoms with Gasteiger partial charge < -0.3 is 4.98 Å². The number of rotatable bonds is 5. The van der Waals surface area contributed by atoms with Crippen LogP contribution in [0.3, 0.4) is 0 Å². The Hall–Kier alpha value is -1.44. The summed E-state index contributed by atoms with van der Waals surface area (Å²) in [7, 11) is -3.79. The molecule has 7 heteroatoms. The molecule has 0 spiro atoms. The number of thiophene rings is 1. The highest BCUT2D eigenvalue weighted by atomic mass is 32.2. The van der Waals surface area contributed by atoms with Gasteiger partial charge in [-0.05, 0) is 32.4 Å². The van der Waals surface area contributed by atoms with E-state index < -0.39 is 15.5 Å². The van der Waals surface area contributed by atoms with E-state index in [9.17, 15) is 13.2 Å². The van der Waals surface area contributed by atoms with Gasteiger partial charge in [-0.1, -0.05) is 0 Å². The third-order valence-electron chi connectivity index (χ3n) is 2.74. The predicted octanol–water partition coefficient (Wildman–Crippen LogP) is 1.65. The third kappa shape index (κ3) is 3.56. The molecule has 0 aliphatic carbocycles. The first-order valence-corrected chi connectivity index (χ1v) is 8.43. The van der Waals surface area contributed by atoms with E-state index in [1.807, 2.05) is 19.1 Å². The van der Waals surface area contributed by atoms with Crippen LogP contribution in [0.1, 0.15) is 16.7 Å². The van der Waals surface area contributed by atoms with Crippen LogP contribution < -0.4 is 10.2 Å². The second kappa shape index (κ2) is 5.90. The number of aryl methyl sites for hydroxylation is 1. The maximum atomic E-state index is 12.1. The molecule has 0 saturated heterocycles. The van der Waals surface area contributed by atoms with Gasteiger partial charge in [-0.15, -0.1) is 11.3 Å². The van der Waals surface area contributed by atoms with Crippen molar-refractivity contribution < 1.29 is 8.42 Å². The monoisotopic (exact) mass is 312 g/mol. The lowest BCUT2D eigenvalue weighted by Gasteiger charge is -2.12. The summed E-state index contributed by atoms with van der Waals surface area (Å²) in [5, 5.41) is 0. The van der Waals surface area contributed by atoms with Gasteiger partial charge in [-0.2, -0.15) is 0 Å². The van der Waals surface area contributed by atoms with E-state index in [1.54, 1.807) is 18.3 Å². The van der Waals surface area contributed by atoms with Crippen molar-refractivity contribution in [3.05, 3.63) is 50.6 Å². The number of aromatic nitrogens is 1. The zero-order valence-electron chi connectivity index (χ0n) is 11.2. The lowest BCUT2D eigenvalue weighted by molar-refractivity contribution is 0.559. The first-order chi connectivity index (χ1) is 9.38. The zero-order chi connectivity index (χ0) is 14.8. The Bertz CT molecular complexity index is 747. The number of H-pyrrole nitrogens is 1. The molecule has 0 radical (unpaired) electrons. The Morgan fingerprint density at radius 3 is 2.70 bits per heavy atom. The van der Waals surface area contributed by atoms with Crippen LogP contribution in [0.4, 0.5) is 0 Å². The topological polar surface area (TPSA) is 79.0 Å². The molecule has 1 unspecified atom stereocenters. The van der Waals surface area contributed by atoms with E-state index in [1.165, 1.54) is 23.3 Å². The molecule has 0 aromatic carbocycles. The molecule has 0 bridgehead atoms. The van der Waals surface area contributed by atoms with E-state index in [0.717, 1.165) is 4.88 Å². The van der Waals surface area contributed by atoms with Crippen molar-refractivity contribution in [1.82, 2.24) is 9.71 Å². The summed E-state index contributed by atoms with van der Waals surface area (Å²) in [4.78, 5) is 16.2. The van der Waals surface area contributed by atoms with Gasteiger partial charge in [0.15, 0.2) is 0 Å². The number of sulfonamides is 1. The molecule has 2 aromatic heterocycles. The van der Waals surface area contributed by atoms with Gasteiger partial charge in [-0.25, -0.2) is 13.1 Å². The summed E-state index contributed by atoms with van der Waals surface area (Å²) in [6.07, 6.45) is 3.20. The minimum Gasteiger partial charge on any atom is -0.366 e. The molecule has 108 valence electrons. The van der Waals surface area contributed by atoms with E-state index in [-0.39, 0.29) is 10.9 Å². The van der Waals surface area contributed by atoms with Crippen molar-refractivity contribution in [2.45, 2.75) is 31.2 Å². The Labute approximate surface area is 121 Å². The minimum absolute atomic E-state index is 0.255. The molecule has 5 nitrogen and oxygen atoms in total. The zero-order valence-corrected chi connectivity index (χ0v) is 12.8. The Kier molecular flexibility index (Phi) is 4.42. The lowest BCUT2D eigenvalue weighted by atomic mass is 10.2. The first-order valence-electron chi connectivity index (χ1n) is 6.13. The van der Waals surface area contributed by atoms with Crippen molar-refractivity contribution in [1.29, 1.82) is 0 Å². The molecular weight excluding hydrogens is 296 g/mol. The van der Waals surface area contributed by atoms with Crippen molar-refractivity contribution >= 4 is 21.4 Å². The molecule has 2 rings (SSSR count). The average Bonchev–Trinajstić information content (AvgIpc) is 2.74. The first kappa shape index (κ1) is 15.0. The number of pyridine rings is 1. The van der Waals surface area contributed by atoms with Gasteiger partial charge in [0, 0.05) is 34.3 Å². The molecule has 2 heterocycles. The second-order valence-electron chi connectivity index (χ2n) is 4.61. The van der Waals surface area contributed by atoms with Crippen LogP contribution in [0, 0.1) is 6.92 Å². The average molecular weight is 312 g/mol. The van der Waals surface area contributed by atoms with E-state index >= 15 is 0 Å². The van der Waals surface area contributed by atoms with Crippen LogP contribution in [-0.2, 0) is 16.4 Å². The quantitative estimate of drug-likeness (QED) is 0.881. The lowest BCUT2D eigenvalue weighted by Crippen LogP contribution is -2.36. The summed E-state index contributed by atoms with van der Waals surface area (Å²) in [6, 6.07) is 4.91. The van der Waals surface area contributed by atoms with Crippen molar-refractivity contribution in [3.8, 4) is 0 Å². The minimum atomic E-state index is -3.79. The van der Waals surface area contributed by atoms with E-state index in [0.29, 0.717) is 6.42 Å². The summed E-state index contributed by atoms with van der Waals surface area (Å²) < 4.78 is 26.8. The molecule has 0 aliphatic rings. The Morgan fingerprint density at radius 1 is 1.35 bits per heavy atom. The number of aromatic amines is 1. The molecular formula is C13H16N2O3S2. The predicted molar refractivity (Wildman–Crippen MR) is 79.6 cm³/mol. The van der Waals surface area contributed by atoms with Crippen LogP contribution in [0.15, 0.2) is 40.3 Å². The van der Waals surface area contributed by atoms with Crippen molar-refractivity contribution in [2.24, 2.45) is 0 Å². The van der Waals surface area contributed by atoms with Crippen LogP contribution in [0.5, 0.6) is 0 Å². The maximum Gasteiger partial charge on any atom is 0.246 e. The van der Waals surface area contributed by atoms with Gasteiger partial charge in [0.1, 0.15) is 4.90 Å². The van der Waals surface area contributed by atoms with E-state index in [2.05, 4.69) is 9.71 Å². The van der Waals surface area contributed by atoms with Crippen LogP contribution in [0.25, 0.3) is 0 Å². The standard InChI is InChI=1S/C13H16N2O3S2/c1-9(7-11-4-3-10(2)19-11)15-20(17,18)13-8-14-6-5-12(13)16/h3-6,8-9,15H,7H2,1-2H3,(H,14,16). The smallest absolute Gasteiger partial charge is 0.246 e. The summed E-state index contributed by atoms with van der Waals surface area (Å²) in [5.74, 6) is 0. The Balaban J connectivity index is 2.12. The summed E-state index contributed by atoms with van der Waals surface area (Å²) in [6.45, 7) is 3.79. The molecule has 2 N–H and O–H groups in total. The normalized spacial score (nSPS) is 13.3. The van der Waals surface area contributed by atoms with E-state index in [4.69, 9.17) is 0 Å². The van der Waals surface area contributed by atoms with Crippen LogP contribution in [0.2, 0.25) is 0 Å². The molecule has 0 saturated carbocycles. The molecule has 1 atom stereocenters. The number of hydrogen-bond acceptors (Lipinski definition) is 4. The van der Waals surface area contributed by atoms with Crippen LogP contribution >= 0.6 is 11.3 Å². The number of hydrogen-bond donors (Lipinski definition) is 2. The van der Waals surface area contributed by atoms with Gasteiger partial charge in [0.25, 0.3) is 0 Å². The van der Waals surface area contributed by atoms with Gasteiger partial charge >= 0.3 is 0 Å². The largest absolute Gasteiger partial charge is 0.366 e. The highest BCUT2D eigenvalue weighted by Gasteiger charge is 2.20. The highest BCUT2D eigenvalue weighted by molar-refractivity contribution is 7.89. The number of nitrogens with one attached hydrogen (secondary N) is 2. The molecule has 2 aromatic rings. The van der Waals surface area contributed by atoms with Crippen molar-refractivity contribution in [2.75, 3.05) is 0 Å². The second-order valence-corrected chi connectivity index (χ2v) is 7.67. The highest BCUT2D eigenvalue weighted by Crippen LogP contribution is 2.17. The van der Waals surface area contributed by atoms with Crippen molar-refractivity contribution in [3.63, 3.8) is 0 Å². The molecule has 0 aliphatic heterocycles. The van der Waals surface area contributed by atoms with Gasteiger partial charge in [0.2, 0.25) is 15.5 Å². The third-order valence-corrected chi connectivity index (χ3v) is 5.37. The summed E-state index contributed by atoms with van der Waals surface area (Å²) >= 11 is 1.64. The molecule has 20 heavy (non-hydrogen) atoms. The fourth-order valence-electron chi connectivity index (χ4n) is 1.88. The van der Waals surface area contributed by atoms with Gasteiger partial charge in [0.05, 0.1) is 0 Å².